The number of carbonyl (C=O) groups is 2. The molecule has 0 aromatic carbocycles. The molecule has 0 rings (SSSR count). The number of hydrogen-bond acceptors (Lipinski definition) is 3. The van der Waals surface area contributed by atoms with Crippen molar-refractivity contribution in [1.29, 1.82) is 0 Å². The number of amides is 2. The van der Waals surface area contributed by atoms with Crippen molar-refractivity contribution < 1.29 is 14.7 Å². The van der Waals surface area contributed by atoms with Crippen LogP contribution in [0.1, 0.15) is 39.5 Å². The fourth-order valence-electron chi connectivity index (χ4n) is 1.60. The van der Waals surface area contributed by atoms with Gasteiger partial charge in [0.25, 0.3) is 0 Å². The smallest absolute Gasteiger partial charge is 0.326 e. The molecular weight excluding hydrogens is 264 g/mol. The van der Waals surface area contributed by atoms with Crippen molar-refractivity contribution in [3.05, 3.63) is 0 Å². The third-order valence-electron chi connectivity index (χ3n) is 3.16. The van der Waals surface area contributed by atoms with Gasteiger partial charge in [-0.15, -0.1) is 0 Å². The zero-order valence-electron chi connectivity index (χ0n) is 12.3. The second kappa shape index (κ2) is 9.95. The molecule has 19 heavy (non-hydrogen) atoms. The van der Waals surface area contributed by atoms with Crippen LogP contribution >= 0.6 is 11.8 Å². The van der Waals surface area contributed by atoms with E-state index in [-0.39, 0.29) is 12.1 Å². The Kier molecular flexibility index (Phi) is 9.47. The number of hydrogen-bond donors (Lipinski definition) is 2. The van der Waals surface area contributed by atoms with Crippen molar-refractivity contribution >= 4 is 23.8 Å². The molecule has 0 aliphatic rings. The fraction of sp³-hybridized carbons (Fsp3) is 0.846. The predicted molar refractivity (Wildman–Crippen MR) is 79.7 cm³/mol. The maximum atomic E-state index is 12.0. The molecule has 0 radical (unpaired) electrons. The standard InChI is InChI=1S/C13H26N2O3S/c1-5-6-7-11(12(16)17)14-13(18)15(3)10(2)8-9-19-4/h10-11H,5-9H2,1-4H3,(H,14,18)(H,16,17). The molecule has 0 spiro atoms. The second-order valence-corrected chi connectivity index (χ2v) is 5.71. The Balaban J connectivity index is 4.33. The zero-order chi connectivity index (χ0) is 14.8. The number of carboxylic acids is 1. The normalized spacial score (nSPS) is 13.7. The third-order valence-corrected chi connectivity index (χ3v) is 3.81. The Labute approximate surface area is 120 Å². The summed E-state index contributed by atoms with van der Waals surface area (Å²) in [5.41, 5.74) is 0. The first-order valence-electron chi connectivity index (χ1n) is 6.69. The highest BCUT2D eigenvalue weighted by Crippen LogP contribution is 2.07. The minimum Gasteiger partial charge on any atom is -0.480 e. The lowest BCUT2D eigenvalue weighted by molar-refractivity contribution is -0.139. The maximum absolute atomic E-state index is 12.0. The minimum atomic E-state index is -0.966. The van der Waals surface area contributed by atoms with Crippen molar-refractivity contribution in [2.45, 2.75) is 51.6 Å². The van der Waals surface area contributed by atoms with Gasteiger partial charge in [0.15, 0.2) is 0 Å². The van der Waals surface area contributed by atoms with Crippen molar-refractivity contribution in [2.75, 3.05) is 19.1 Å². The monoisotopic (exact) mass is 290 g/mol. The molecule has 2 N–H and O–H groups in total. The fourth-order valence-corrected chi connectivity index (χ4v) is 2.18. The van der Waals surface area contributed by atoms with Crippen molar-refractivity contribution in [3.63, 3.8) is 0 Å². The van der Waals surface area contributed by atoms with E-state index < -0.39 is 12.0 Å². The van der Waals surface area contributed by atoms with Gasteiger partial charge in [-0.25, -0.2) is 9.59 Å². The molecule has 5 nitrogen and oxygen atoms in total. The summed E-state index contributed by atoms with van der Waals surface area (Å²) in [6.45, 7) is 3.97. The van der Waals surface area contributed by atoms with E-state index in [1.807, 2.05) is 20.1 Å². The molecule has 2 atom stereocenters. The molecule has 0 fully saturated rings. The Bertz CT molecular complexity index is 287. The van der Waals surface area contributed by atoms with E-state index >= 15 is 0 Å². The van der Waals surface area contributed by atoms with Gasteiger partial charge >= 0.3 is 12.0 Å². The van der Waals surface area contributed by atoms with Crippen LogP contribution in [0.4, 0.5) is 4.79 Å². The number of nitrogens with zero attached hydrogens (tertiary/aromatic N) is 1. The lowest BCUT2D eigenvalue weighted by atomic mass is 10.1. The van der Waals surface area contributed by atoms with E-state index in [2.05, 4.69) is 5.32 Å². The molecule has 0 saturated carbocycles. The Morgan fingerprint density at radius 3 is 2.47 bits per heavy atom. The van der Waals surface area contributed by atoms with E-state index in [4.69, 9.17) is 5.11 Å². The van der Waals surface area contributed by atoms with Gasteiger partial charge in [0.05, 0.1) is 0 Å². The summed E-state index contributed by atoms with van der Waals surface area (Å²) >= 11 is 1.74. The number of thioether (sulfide) groups is 1. The van der Waals surface area contributed by atoms with E-state index in [1.54, 1.807) is 23.7 Å². The predicted octanol–water partition coefficient (Wildman–Crippen LogP) is 2.41. The lowest BCUT2D eigenvalue weighted by Gasteiger charge is -2.26. The highest BCUT2D eigenvalue weighted by atomic mass is 32.2. The number of carboxylic acid groups (broad SMARTS) is 1. The summed E-state index contributed by atoms with van der Waals surface area (Å²) in [6.07, 6.45) is 5.11. The van der Waals surface area contributed by atoms with Crippen LogP contribution in [-0.2, 0) is 4.79 Å². The molecular formula is C13H26N2O3S. The van der Waals surface area contributed by atoms with Crippen LogP contribution in [0.3, 0.4) is 0 Å². The Morgan fingerprint density at radius 2 is 2.00 bits per heavy atom. The van der Waals surface area contributed by atoms with Gasteiger partial charge in [-0.2, -0.15) is 11.8 Å². The molecule has 0 aliphatic heterocycles. The first kappa shape index (κ1) is 18.1. The van der Waals surface area contributed by atoms with Gasteiger partial charge in [-0.05, 0) is 31.8 Å². The number of unbranched alkanes of at least 4 members (excludes halogenated alkanes) is 1. The molecule has 0 saturated heterocycles. The molecule has 0 aromatic heterocycles. The van der Waals surface area contributed by atoms with Crippen LogP contribution in [0.5, 0.6) is 0 Å². The SMILES string of the molecule is CCCCC(NC(=O)N(C)C(C)CCSC)C(=O)O. The third kappa shape index (κ3) is 7.30. The summed E-state index contributed by atoms with van der Waals surface area (Å²) in [7, 11) is 1.71. The summed E-state index contributed by atoms with van der Waals surface area (Å²) in [5, 5.41) is 11.7. The van der Waals surface area contributed by atoms with Crippen molar-refractivity contribution in [2.24, 2.45) is 0 Å². The molecule has 0 heterocycles. The maximum Gasteiger partial charge on any atom is 0.326 e. The number of carbonyl (C=O) groups excluding carboxylic acids is 1. The van der Waals surface area contributed by atoms with Gasteiger partial charge in [0, 0.05) is 13.1 Å². The Hall–Kier alpha value is -0.910. The average Bonchev–Trinajstić information content (AvgIpc) is 2.39. The minimum absolute atomic E-state index is 0.105. The Morgan fingerprint density at radius 1 is 1.37 bits per heavy atom. The second-order valence-electron chi connectivity index (χ2n) is 4.72. The van der Waals surface area contributed by atoms with Crippen LogP contribution in [0, 0.1) is 0 Å². The quantitative estimate of drug-likeness (QED) is 0.684. The van der Waals surface area contributed by atoms with Crippen LogP contribution < -0.4 is 5.32 Å². The van der Waals surface area contributed by atoms with Crippen LogP contribution in [0.15, 0.2) is 0 Å². The average molecular weight is 290 g/mol. The largest absolute Gasteiger partial charge is 0.480 e. The number of nitrogens with one attached hydrogen (secondary N) is 1. The van der Waals surface area contributed by atoms with E-state index in [9.17, 15) is 9.59 Å². The molecule has 0 aromatic rings. The highest BCUT2D eigenvalue weighted by Gasteiger charge is 2.23. The van der Waals surface area contributed by atoms with Crippen molar-refractivity contribution in [3.8, 4) is 0 Å². The van der Waals surface area contributed by atoms with Crippen LogP contribution in [0.2, 0.25) is 0 Å². The van der Waals surface area contributed by atoms with E-state index in [0.29, 0.717) is 6.42 Å². The van der Waals surface area contributed by atoms with Crippen LogP contribution in [0.25, 0.3) is 0 Å². The lowest BCUT2D eigenvalue weighted by Crippen LogP contribution is -2.49. The molecule has 6 heteroatoms. The topological polar surface area (TPSA) is 69.6 Å². The van der Waals surface area contributed by atoms with Crippen LogP contribution in [-0.4, -0.2) is 53.1 Å². The molecule has 2 amide bonds. The van der Waals surface area contributed by atoms with Gasteiger partial charge in [-0.1, -0.05) is 19.8 Å². The summed E-state index contributed by atoms with van der Waals surface area (Å²) in [6, 6.07) is -0.993. The number of aliphatic carboxylic acids is 1. The summed E-state index contributed by atoms with van der Waals surface area (Å²) in [5.74, 6) is 0.0173. The van der Waals surface area contributed by atoms with Gasteiger partial charge in [0.2, 0.25) is 0 Å². The van der Waals surface area contributed by atoms with Gasteiger partial charge < -0.3 is 15.3 Å². The highest BCUT2D eigenvalue weighted by molar-refractivity contribution is 7.98. The summed E-state index contributed by atoms with van der Waals surface area (Å²) in [4.78, 5) is 24.6. The van der Waals surface area contributed by atoms with E-state index in [1.165, 1.54) is 0 Å². The zero-order valence-corrected chi connectivity index (χ0v) is 13.1. The number of rotatable bonds is 9. The molecule has 0 aliphatic carbocycles. The number of urea groups is 1. The first-order valence-corrected chi connectivity index (χ1v) is 8.08. The van der Waals surface area contributed by atoms with E-state index in [0.717, 1.165) is 25.0 Å². The van der Waals surface area contributed by atoms with Gasteiger partial charge in [-0.3, -0.25) is 0 Å². The summed E-state index contributed by atoms with van der Waals surface area (Å²) < 4.78 is 0. The molecule has 2 unspecified atom stereocenters. The molecule has 112 valence electrons. The first-order chi connectivity index (χ1) is 8.93. The van der Waals surface area contributed by atoms with Gasteiger partial charge in [0.1, 0.15) is 6.04 Å². The van der Waals surface area contributed by atoms with Crippen molar-refractivity contribution in [1.82, 2.24) is 10.2 Å². The molecule has 0 bridgehead atoms.